The number of oxime groups is 1. The van der Waals surface area contributed by atoms with Crippen molar-refractivity contribution < 1.29 is 14.6 Å². The molecule has 0 aromatic heterocycles. The van der Waals surface area contributed by atoms with Crippen LogP contribution in [0.5, 0.6) is 0 Å². The summed E-state index contributed by atoms with van der Waals surface area (Å²) in [5.74, 6) is -0.418. The van der Waals surface area contributed by atoms with Gasteiger partial charge in [-0.1, -0.05) is 61.0 Å². The molecular weight excluding hydrogens is 392 g/mol. The first-order chi connectivity index (χ1) is 15.0. The summed E-state index contributed by atoms with van der Waals surface area (Å²) in [5.41, 5.74) is 6.54. The largest absolute Gasteiger partial charge is 0.332 e. The lowest BCUT2D eigenvalue weighted by atomic mass is 9.90. The summed E-state index contributed by atoms with van der Waals surface area (Å²) in [4.78, 5) is 27.3. The van der Waals surface area contributed by atoms with E-state index in [0.29, 0.717) is 5.71 Å². The van der Waals surface area contributed by atoms with Gasteiger partial charge in [0.2, 0.25) is 0 Å². The molecule has 0 heterocycles. The summed E-state index contributed by atoms with van der Waals surface area (Å²) in [6.45, 7) is 3.42. The molecule has 1 aliphatic rings. The quantitative estimate of drug-likeness (QED) is 0.220. The topological polar surface area (TPSA) is 81.8 Å². The maximum absolute atomic E-state index is 11.4. The van der Waals surface area contributed by atoms with E-state index >= 15 is 0 Å². The number of hydrogen-bond donors (Lipinski definition) is 0. The number of nitro benzene ring substituents is 1. The fraction of sp³-hybridized carbons (Fsp3) is 0.200. The molecular formula is C25H22N2O4. The van der Waals surface area contributed by atoms with Crippen molar-refractivity contribution in [2.75, 3.05) is 0 Å². The van der Waals surface area contributed by atoms with Crippen LogP contribution in [0.25, 0.3) is 11.1 Å². The minimum absolute atomic E-state index is 0.0700. The molecule has 1 aliphatic carbocycles. The maximum atomic E-state index is 11.4. The molecule has 0 aliphatic heterocycles. The number of non-ortho nitro benzene ring substituents is 1. The van der Waals surface area contributed by atoms with Gasteiger partial charge < -0.3 is 4.84 Å². The minimum Gasteiger partial charge on any atom is -0.318 e. The molecule has 4 rings (SSSR count). The lowest BCUT2D eigenvalue weighted by Gasteiger charge is -2.14. The van der Waals surface area contributed by atoms with Gasteiger partial charge in [0.15, 0.2) is 0 Å². The summed E-state index contributed by atoms with van der Waals surface area (Å²) in [6.07, 6.45) is 1.83. The SMILES string of the molecule is CCCC1c2cc(/C(=N/OC(C)=O)c3ccccc3)ccc2-c2ccc([N+](=O)[O-])cc21. The zero-order valence-electron chi connectivity index (χ0n) is 17.4. The molecule has 0 saturated heterocycles. The van der Waals surface area contributed by atoms with Crippen molar-refractivity contribution in [3.63, 3.8) is 0 Å². The Hall–Kier alpha value is -3.80. The molecule has 0 spiro atoms. The van der Waals surface area contributed by atoms with Crippen LogP contribution in [0.2, 0.25) is 0 Å². The molecule has 3 aromatic carbocycles. The summed E-state index contributed by atoms with van der Waals surface area (Å²) in [5, 5.41) is 15.4. The van der Waals surface area contributed by atoms with Gasteiger partial charge in [-0.05, 0) is 40.8 Å². The highest BCUT2D eigenvalue weighted by atomic mass is 16.7. The van der Waals surface area contributed by atoms with Crippen molar-refractivity contribution >= 4 is 17.4 Å². The third kappa shape index (κ3) is 3.97. The number of benzene rings is 3. The van der Waals surface area contributed by atoms with Crippen molar-refractivity contribution in [2.24, 2.45) is 5.16 Å². The van der Waals surface area contributed by atoms with Gasteiger partial charge in [-0.3, -0.25) is 10.1 Å². The Labute approximate surface area is 180 Å². The molecule has 0 saturated carbocycles. The first-order valence-corrected chi connectivity index (χ1v) is 10.2. The summed E-state index contributed by atoms with van der Waals surface area (Å²) >= 11 is 0. The van der Waals surface area contributed by atoms with Crippen molar-refractivity contribution in [1.82, 2.24) is 0 Å². The fourth-order valence-electron chi connectivity index (χ4n) is 4.19. The molecule has 6 nitrogen and oxygen atoms in total. The summed E-state index contributed by atoms with van der Waals surface area (Å²) < 4.78 is 0. The van der Waals surface area contributed by atoms with Crippen LogP contribution in [0.3, 0.4) is 0 Å². The Balaban J connectivity index is 1.84. The number of carbonyl (C=O) groups is 1. The Morgan fingerprint density at radius 1 is 1.00 bits per heavy atom. The van der Waals surface area contributed by atoms with E-state index in [1.54, 1.807) is 12.1 Å². The van der Waals surface area contributed by atoms with Crippen molar-refractivity contribution in [3.05, 3.63) is 99.1 Å². The number of nitrogens with zero attached hydrogens (tertiary/aromatic N) is 2. The lowest BCUT2D eigenvalue weighted by molar-refractivity contribution is -0.384. The van der Waals surface area contributed by atoms with Crippen molar-refractivity contribution in [2.45, 2.75) is 32.6 Å². The van der Waals surface area contributed by atoms with Gasteiger partial charge in [-0.15, -0.1) is 0 Å². The second kappa shape index (κ2) is 8.52. The average molecular weight is 414 g/mol. The van der Waals surface area contributed by atoms with Crippen LogP contribution in [-0.4, -0.2) is 16.6 Å². The highest BCUT2D eigenvalue weighted by molar-refractivity contribution is 6.13. The Kier molecular flexibility index (Phi) is 5.62. The van der Waals surface area contributed by atoms with Crippen LogP contribution < -0.4 is 0 Å². The Bertz CT molecular complexity index is 1190. The van der Waals surface area contributed by atoms with Crippen molar-refractivity contribution in [3.8, 4) is 11.1 Å². The van der Waals surface area contributed by atoms with Crippen LogP contribution in [0.15, 0.2) is 71.9 Å². The molecule has 0 bridgehead atoms. The standard InChI is InChI=1S/C25H22N2O4/c1-3-7-20-23-14-18(25(26-31-16(2)28)17-8-5-4-6-9-17)10-12-21(23)22-13-11-19(27(29)30)15-24(20)22/h4-6,8-15,20H,3,7H2,1-2H3/b26-25+. The van der Waals surface area contributed by atoms with E-state index in [-0.39, 0.29) is 16.5 Å². The smallest absolute Gasteiger partial charge is 0.318 e. The molecule has 6 heteroatoms. The van der Waals surface area contributed by atoms with Crippen LogP contribution in [0.1, 0.15) is 54.9 Å². The number of fused-ring (bicyclic) bond motifs is 3. The van der Waals surface area contributed by atoms with Gasteiger partial charge in [0.05, 0.1) is 4.92 Å². The second-order valence-corrected chi connectivity index (χ2v) is 7.56. The van der Waals surface area contributed by atoms with E-state index in [1.807, 2.05) is 48.5 Å². The maximum Gasteiger partial charge on any atom is 0.332 e. The molecule has 0 fully saturated rings. The van der Waals surface area contributed by atoms with Gasteiger partial charge in [-0.2, -0.15) is 0 Å². The zero-order valence-corrected chi connectivity index (χ0v) is 17.4. The fourth-order valence-corrected chi connectivity index (χ4v) is 4.19. The van der Waals surface area contributed by atoms with E-state index in [0.717, 1.165) is 46.2 Å². The third-order valence-electron chi connectivity index (χ3n) is 5.50. The number of rotatable bonds is 6. The number of nitro groups is 1. The second-order valence-electron chi connectivity index (χ2n) is 7.56. The Morgan fingerprint density at radius 3 is 2.32 bits per heavy atom. The van der Waals surface area contributed by atoms with E-state index < -0.39 is 5.97 Å². The predicted molar refractivity (Wildman–Crippen MR) is 119 cm³/mol. The molecule has 156 valence electrons. The predicted octanol–water partition coefficient (Wildman–Crippen LogP) is 5.82. The number of hydrogen-bond acceptors (Lipinski definition) is 5. The highest BCUT2D eigenvalue weighted by Crippen LogP contribution is 2.48. The molecule has 3 aromatic rings. The Morgan fingerprint density at radius 2 is 1.68 bits per heavy atom. The van der Waals surface area contributed by atoms with E-state index in [2.05, 4.69) is 18.1 Å². The summed E-state index contributed by atoms with van der Waals surface area (Å²) in [6, 6.07) is 20.7. The first-order valence-electron chi connectivity index (χ1n) is 10.2. The van der Waals surface area contributed by atoms with Gasteiger partial charge in [0.1, 0.15) is 5.71 Å². The van der Waals surface area contributed by atoms with Gasteiger partial charge in [0, 0.05) is 36.1 Å². The monoisotopic (exact) mass is 414 g/mol. The van der Waals surface area contributed by atoms with E-state index in [4.69, 9.17) is 4.84 Å². The molecule has 1 atom stereocenters. The van der Waals surface area contributed by atoms with Crippen molar-refractivity contribution in [1.29, 1.82) is 0 Å². The first kappa shape index (κ1) is 20.5. The van der Waals surface area contributed by atoms with Gasteiger partial charge in [0.25, 0.3) is 5.69 Å². The molecule has 1 unspecified atom stereocenters. The van der Waals surface area contributed by atoms with Gasteiger partial charge >= 0.3 is 5.97 Å². The lowest BCUT2D eigenvalue weighted by Crippen LogP contribution is -2.07. The summed E-state index contributed by atoms with van der Waals surface area (Å²) in [7, 11) is 0. The van der Waals surface area contributed by atoms with Crippen LogP contribution >= 0.6 is 0 Å². The third-order valence-corrected chi connectivity index (χ3v) is 5.50. The molecule has 0 amide bonds. The zero-order chi connectivity index (χ0) is 22.0. The molecule has 31 heavy (non-hydrogen) atoms. The van der Waals surface area contributed by atoms with E-state index in [9.17, 15) is 14.9 Å². The van der Waals surface area contributed by atoms with E-state index in [1.165, 1.54) is 6.92 Å². The average Bonchev–Trinajstić information content (AvgIpc) is 3.07. The van der Waals surface area contributed by atoms with Crippen LogP contribution in [0, 0.1) is 10.1 Å². The van der Waals surface area contributed by atoms with Crippen LogP contribution in [-0.2, 0) is 9.63 Å². The van der Waals surface area contributed by atoms with Crippen LogP contribution in [0.4, 0.5) is 5.69 Å². The number of carbonyl (C=O) groups excluding carboxylic acids is 1. The molecule has 0 N–H and O–H groups in total. The normalized spacial score (nSPS) is 14.6. The van der Waals surface area contributed by atoms with Gasteiger partial charge in [-0.25, -0.2) is 4.79 Å². The highest BCUT2D eigenvalue weighted by Gasteiger charge is 2.30. The molecule has 0 radical (unpaired) electrons. The minimum atomic E-state index is -0.488.